The van der Waals surface area contributed by atoms with Gasteiger partial charge in [-0.3, -0.25) is 0 Å². The van der Waals surface area contributed by atoms with E-state index in [0.29, 0.717) is 6.61 Å². The van der Waals surface area contributed by atoms with Gasteiger partial charge in [0.25, 0.3) is 0 Å². The normalized spacial score (nSPS) is 14.8. The van der Waals surface area contributed by atoms with Gasteiger partial charge in [0.15, 0.2) is 0 Å². The number of allylic oxidation sites excluding steroid dienone is 2. The zero-order chi connectivity index (χ0) is 32.7. The van der Waals surface area contributed by atoms with Gasteiger partial charge in [-0.25, -0.2) is 0 Å². The quantitative estimate of drug-likeness (QED) is 0.104. The highest BCUT2D eigenvalue weighted by molar-refractivity contribution is 6.83. The van der Waals surface area contributed by atoms with Crippen LogP contribution >= 0.6 is 0 Å². The zero-order valence-corrected chi connectivity index (χ0v) is 29.3. The lowest BCUT2D eigenvalue weighted by atomic mass is 9.82. The molecule has 0 fully saturated rings. The molecule has 0 amide bonds. The van der Waals surface area contributed by atoms with Crippen molar-refractivity contribution in [3.63, 3.8) is 0 Å². The van der Waals surface area contributed by atoms with Crippen molar-refractivity contribution in [3.8, 4) is 45.2 Å². The van der Waals surface area contributed by atoms with Crippen LogP contribution in [-0.4, -0.2) is 15.2 Å². The second kappa shape index (κ2) is 12.4. The topological polar surface area (TPSA) is 18.5 Å². The van der Waals surface area contributed by atoms with Crippen molar-refractivity contribution in [3.05, 3.63) is 142 Å². The van der Waals surface area contributed by atoms with Gasteiger partial charge in [-0.15, -0.1) is 5.54 Å². The van der Waals surface area contributed by atoms with Crippen LogP contribution in [0.4, 0.5) is 0 Å². The number of rotatable bonds is 6. The van der Waals surface area contributed by atoms with Crippen LogP contribution in [0.25, 0.3) is 33.4 Å². The minimum absolute atomic E-state index is 0.0851. The maximum absolute atomic E-state index is 6.47. The molecular formula is C44H42O2Si. The predicted octanol–water partition coefficient (Wildman–Crippen LogP) is 11.4. The molecule has 0 bridgehead atoms. The van der Waals surface area contributed by atoms with Crippen molar-refractivity contribution in [2.24, 2.45) is 0 Å². The van der Waals surface area contributed by atoms with Gasteiger partial charge in [0.1, 0.15) is 26.2 Å². The molecule has 0 N–H and O–H groups in total. The first-order chi connectivity index (χ1) is 22.8. The molecule has 1 aliphatic carbocycles. The summed E-state index contributed by atoms with van der Waals surface area (Å²) in [5, 5.41) is 0. The average molecular weight is 631 g/mol. The first kappa shape index (κ1) is 30.8. The van der Waals surface area contributed by atoms with Gasteiger partial charge in [-0.1, -0.05) is 124 Å². The molecule has 2 nitrogen and oxygen atoms in total. The number of hydrogen-bond acceptors (Lipinski definition) is 2. The molecule has 0 radical (unpaired) electrons. The molecule has 0 aromatic heterocycles. The van der Waals surface area contributed by atoms with Crippen molar-refractivity contribution in [2.75, 3.05) is 7.11 Å². The molecule has 7 rings (SSSR count). The van der Waals surface area contributed by atoms with E-state index in [4.69, 9.17) is 9.47 Å². The molecule has 5 aromatic rings. The molecule has 0 saturated heterocycles. The molecule has 2 aliphatic rings. The van der Waals surface area contributed by atoms with Crippen LogP contribution in [0, 0.1) is 11.5 Å². The van der Waals surface area contributed by atoms with Crippen LogP contribution < -0.4 is 9.47 Å². The van der Waals surface area contributed by atoms with Crippen molar-refractivity contribution in [1.82, 2.24) is 0 Å². The minimum Gasteiger partial charge on any atom is -0.497 e. The van der Waals surface area contributed by atoms with Crippen LogP contribution in [0.1, 0.15) is 71.6 Å². The van der Waals surface area contributed by atoms with E-state index in [9.17, 15) is 0 Å². The number of hydrogen-bond donors (Lipinski definition) is 0. The third kappa shape index (κ3) is 5.62. The van der Waals surface area contributed by atoms with Gasteiger partial charge in [0.2, 0.25) is 0 Å². The summed E-state index contributed by atoms with van der Waals surface area (Å²) in [5.74, 6) is 5.70. The summed E-state index contributed by atoms with van der Waals surface area (Å²) in [6.45, 7) is 12.1. The van der Waals surface area contributed by atoms with E-state index in [-0.39, 0.29) is 5.92 Å². The van der Waals surface area contributed by atoms with E-state index in [1.807, 2.05) is 0 Å². The fourth-order valence-corrected chi connectivity index (χ4v) is 7.85. The van der Waals surface area contributed by atoms with Crippen LogP contribution in [0.5, 0.6) is 11.5 Å². The molecular weight excluding hydrogens is 589 g/mol. The SMILES string of the molecule is CC/C(=C(/CC)c1ccc(C2c3ccccc3-c3cc4c(c(C#C[Si](C)(C)C)c32)-c2ccccc2CO4)cc1)c1ccc(OC)cc1. The van der Waals surface area contributed by atoms with Gasteiger partial charge >= 0.3 is 0 Å². The second-order valence-electron chi connectivity index (χ2n) is 13.6. The molecule has 234 valence electrons. The molecule has 47 heavy (non-hydrogen) atoms. The predicted molar refractivity (Wildman–Crippen MR) is 200 cm³/mol. The Balaban J connectivity index is 1.41. The fraction of sp³-hybridized carbons (Fsp3) is 0.227. The van der Waals surface area contributed by atoms with Crippen LogP contribution in [0.2, 0.25) is 19.6 Å². The second-order valence-corrected chi connectivity index (χ2v) is 18.3. The number of benzene rings is 5. The molecule has 5 aromatic carbocycles. The van der Waals surface area contributed by atoms with E-state index in [1.165, 1.54) is 61.2 Å². The average Bonchev–Trinajstić information content (AvgIpc) is 3.42. The first-order valence-corrected chi connectivity index (χ1v) is 20.3. The van der Waals surface area contributed by atoms with E-state index >= 15 is 0 Å². The Morgan fingerprint density at radius 1 is 0.766 bits per heavy atom. The van der Waals surface area contributed by atoms with E-state index < -0.39 is 8.07 Å². The summed E-state index contributed by atoms with van der Waals surface area (Å²) < 4.78 is 11.9. The van der Waals surface area contributed by atoms with Crippen molar-refractivity contribution < 1.29 is 9.47 Å². The standard InChI is InChI=1S/C44H42O2Si/c1-7-34(35(8-2)30-21-23-33(45-3)24-22-30)29-17-19-31(20-18-29)42-38-16-12-11-15-37(38)40-27-41-43(36-14-10-9-13-32(36)28-46-41)39(44(40)42)25-26-47(4,5)6/h9-24,27,42H,7-8,28H2,1-6H3/b35-34+. The zero-order valence-electron chi connectivity index (χ0n) is 28.3. The molecule has 0 saturated carbocycles. The summed E-state index contributed by atoms with van der Waals surface area (Å²) >= 11 is 0. The smallest absolute Gasteiger partial charge is 0.129 e. The number of methoxy groups -OCH3 is 1. The lowest BCUT2D eigenvalue weighted by molar-refractivity contribution is 0.302. The van der Waals surface area contributed by atoms with Gasteiger partial charge < -0.3 is 9.47 Å². The van der Waals surface area contributed by atoms with Crippen LogP contribution in [0.15, 0.2) is 103 Å². The van der Waals surface area contributed by atoms with Gasteiger partial charge in [0.05, 0.1) is 7.11 Å². The van der Waals surface area contributed by atoms with Gasteiger partial charge in [-0.2, -0.15) is 0 Å². The maximum atomic E-state index is 6.47. The van der Waals surface area contributed by atoms with Crippen molar-refractivity contribution in [1.29, 1.82) is 0 Å². The lowest BCUT2D eigenvalue weighted by Crippen LogP contribution is -2.17. The maximum Gasteiger partial charge on any atom is 0.129 e. The third-order valence-corrected chi connectivity index (χ3v) is 10.4. The largest absolute Gasteiger partial charge is 0.497 e. The summed E-state index contributed by atoms with van der Waals surface area (Å²) in [6.07, 6.45) is 1.93. The summed E-state index contributed by atoms with van der Waals surface area (Å²) in [5.41, 5.74) is 20.2. The highest BCUT2D eigenvalue weighted by Gasteiger charge is 2.36. The van der Waals surface area contributed by atoms with Crippen molar-refractivity contribution >= 4 is 19.2 Å². The fourth-order valence-electron chi connectivity index (χ4n) is 7.35. The Morgan fingerprint density at radius 2 is 1.38 bits per heavy atom. The minimum atomic E-state index is -1.68. The highest BCUT2D eigenvalue weighted by Crippen LogP contribution is 2.54. The molecule has 0 spiro atoms. The number of fused-ring (bicyclic) bond motifs is 6. The molecule has 1 atom stereocenters. The summed E-state index contributed by atoms with van der Waals surface area (Å²) in [4.78, 5) is 0. The number of ether oxygens (including phenoxy) is 2. The Hall–Kier alpha value is -4.78. The van der Waals surface area contributed by atoms with Crippen molar-refractivity contribution in [2.45, 2.75) is 58.9 Å². The highest BCUT2D eigenvalue weighted by atomic mass is 28.3. The lowest BCUT2D eigenvalue weighted by Gasteiger charge is -2.26. The van der Waals surface area contributed by atoms with Gasteiger partial charge in [-0.05, 0) is 92.3 Å². The van der Waals surface area contributed by atoms with E-state index in [1.54, 1.807) is 7.11 Å². The monoisotopic (exact) mass is 630 g/mol. The first-order valence-electron chi connectivity index (χ1n) is 16.8. The molecule has 1 unspecified atom stereocenters. The van der Waals surface area contributed by atoms with Gasteiger partial charge in [0, 0.05) is 17.0 Å². The Bertz CT molecular complexity index is 2070. The molecule has 1 aliphatic heterocycles. The molecule has 1 heterocycles. The van der Waals surface area contributed by atoms with Crippen LogP contribution in [-0.2, 0) is 6.61 Å². The van der Waals surface area contributed by atoms with E-state index in [2.05, 4.69) is 148 Å². The Morgan fingerprint density at radius 3 is 2.02 bits per heavy atom. The third-order valence-electron chi connectivity index (χ3n) is 9.52. The van der Waals surface area contributed by atoms with Crippen LogP contribution in [0.3, 0.4) is 0 Å². The Labute approximate surface area is 281 Å². The Kier molecular flexibility index (Phi) is 8.16. The summed E-state index contributed by atoms with van der Waals surface area (Å²) in [6, 6.07) is 37.7. The summed E-state index contributed by atoms with van der Waals surface area (Å²) in [7, 11) is 0.0403. The van der Waals surface area contributed by atoms with E-state index in [0.717, 1.165) is 35.5 Å². The molecule has 3 heteroatoms.